The van der Waals surface area contributed by atoms with E-state index in [1.54, 1.807) is 6.07 Å². The summed E-state index contributed by atoms with van der Waals surface area (Å²) < 4.78 is 0. The standard InChI is InChI=1S/C16H19N3O2.ClH/c20-15-8-13(12-5-1-2-6-14(12)19-15)16(21)18-10-11-4-3-7-17-9-11;/h1-2,5-6,8,11,17H,3-4,7,9-10H2,(H,18,21)(H,19,20);1H. The number of aromatic amines is 1. The van der Waals surface area contributed by atoms with E-state index in [0.717, 1.165) is 31.3 Å². The highest BCUT2D eigenvalue weighted by molar-refractivity contribution is 6.05. The van der Waals surface area contributed by atoms with Crippen molar-refractivity contribution in [2.45, 2.75) is 12.8 Å². The third-order valence-corrected chi connectivity index (χ3v) is 3.95. The zero-order chi connectivity index (χ0) is 14.7. The minimum Gasteiger partial charge on any atom is -0.352 e. The van der Waals surface area contributed by atoms with Gasteiger partial charge in [0, 0.05) is 23.5 Å². The molecular weight excluding hydrogens is 302 g/mol. The number of pyridine rings is 1. The molecule has 0 bridgehead atoms. The van der Waals surface area contributed by atoms with Gasteiger partial charge in [0.15, 0.2) is 0 Å². The van der Waals surface area contributed by atoms with Gasteiger partial charge in [0.25, 0.3) is 5.91 Å². The molecule has 1 aliphatic heterocycles. The molecular formula is C16H20ClN3O2. The fraction of sp³-hybridized carbons (Fsp3) is 0.375. The molecule has 1 amide bonds. The van der Waals surface area contributed by atoms with Crippen LogP contribution in [0.4, 0.5) is 0 Å². The van der Waals surface area contributed by atoms with Crippen LogP contribution in [0.15, 0.2) is 35.1 Å². The molecule has 0 saturated carbocycles. The van der Waals surface area contributed by atoms with Crippen molar-refractivity contribution in [2.75, 3.05) is 19.6 Å². The normalized spacial score (nSPS) is 17.7. The average Bonchev–Trinajstić information content (AvgIpc) is 2.52. The molecule has 2 aromatic rings. The number of hydrogen-bond donors (Lipinski definition) is 3. The highest BCUT2D eigenvalue weighted by Gasteiger charge is 2.16. The molecule has 1 aromatic carbocycles. The molecule has 22 heavy (non-hydrogen) atoms. The van der Waals surface area contributed by atoms with E-state index in [-0.39, 0.29) is 23.9 Å². The number of H-pyrrole nitrogens is 1. The number of aromatic nitrogens is 1. The van der Waals surface area contributed by atoms with Gasteiger partial charge in [0.05, 0.1) is 5.56 Å². The van der Waals surface area contributed by atoms with Gasteiger partial charge >= 0.3 is 0 Å². The molecule has 5 nitrogen and oxygen atoms in total. The third kappa shape index (κ3) is 3.67. The molecule has 6 heteroatoms. The molecule has 3 rings (SSSR count). The van der Waals surface area contributed by atoms with Gasteiger partial charge in [0.1, 0.15) is 0 Å². The third-order valence-electron chi connectivity index (χ3n) is 3.95. The quantitative estimate of drug-likeness (QED) is 0.805. The Balaban J connectivity index is 0.00000176. The van der Waals surface area contributed by atoms with Gasteiger partial charge < -0.3 is 15.6 Å². The Hall–Kier alpha value is -1.85. The summed E-state index contributed by atoms with van der Waals surface area (Å²) in [6.07, 6.45) is 2.28. The summed E-state index contributed by atoms with van der Waals surface area (Å²) in [4.78, 5) is 26.8. The summed E-state index contributed by atoms with van der Waals surface area (Å²) >= 11 is 0. The number of hydrogen-bond acceptors (Lipinski definition) is 3. The fourth-order valence-corrected chi connectivity index (χ4v) is 2.82. The van der Waals surface area contributed by atoms with Crippen molar-refractivity contribution in [1.29, 1.82) is 0 Å². The van der Waals surface area contributed by atoms with E-state index in [9.17, 15) is 9.59 Å². The maximum atomic E-state index is 12.4. The lowest BCUT2D eigenvalue weighted by molar-refractivity contribution is 0.0946. The highest BCUT2D eigenvalue weighted by Crippen LogP contribution is 2.15. The van der Waals surface area contributed by atoms with Crippen LogP contribution >= 0.6 is 12.4 Å². The van der Waals surface area contributed by atoms with E-state index < -0.39 is 0 Å². The largest absolute Gasteiger partial charge is 0.352 e. The molecule has 2 heterocycles. The summed E-state index contributed by atoms with van der Waals surface area (Å²) in [5, 5.41) is 7.06. The lowest BCUT2D eigenvalue weighted by Gasteiger charge is -2.22. The number of fused-ring (bicyclic) bond motifs is 1. The van der Waals surface area contributed by atoms with E-state index >= 15 is 0 Å². The van der Waals surface area contributed by atoms with E-state index in [1.165, 1.54) is 6.07 Å². The van der Waals surface area contributed by atoms with Gasteiger partial charge in [-0.2, -0.15) is 0 Å². The summed E-state index contributed by atoms with van der Waals surface area (Å²) in [5.41, 5.74) is 0.880. The zero-order valence-electron chi connectivity index (χ0n) is 12.2. The summed E-state index contributed by atoms with van der Waals surface area (Å²) in [7, 11) is 0. The van der Waals surface area contributed by atoms with Crippen LogP contribution in [0.1, 0.15) is 23.2 Å². The monoisotopic (exact) mass is 321 g/mol. The molecule has 0 spiro atoms. The van der Waals surface area contributed by atoms with E-state index in [4.69, 9.17) is 0 Å². The van der Waals surface area contributed by atoms with Crippen LogP contribution in [0, 0.1) is 5.92 Å². The van der Waals surface area contributed by atoms with Gasteiger partial charge in [0.2, 0.25) is 5.56 Å². The number of halogens is 1. The van der Waals surface area contributed by atoms with Crippen molar-refractivity contribution >= 4 is 29.2 Å². The van der Waals surface area contributed by atoms with Crippen LogP contribution in [0.5, 0.6) is 0 Å². The first kappa shape index (κ1) is 16.5. The van der Waals surface area contributed by atoms with Crippen molar-refractivity contribution < 1.29 is 4.79 Å². The van der Waals surface area contributed by atoms with Gasteiger partial charge in [-0.05, 0) is 37.9 Å². The van der Waals surface area contributed by atoms with Crippen LogP contribution in [0.25, 0.3) is 10.9 Å². The number of para-hydroxylation sites is 1. The smallest absolute Gasteiger partial charge is 0.252 e. The second-order valence-corrected chi connectivity index (χ2v) is 5.52. The summed E-state index contributed by atoms with van der Waals surface area (Å²) in [6.45, 7) is 2.65. The molecule has 0 radical (unpaired) electrons. The Morgan fingerprint density at radius 3 is 2.91 bits per heavy atom. The van der Waals surface area contributed by atoms with Crippen LogP contribution in [0.3, 0.4) is 0 Å². The van der Waals surface area contributed by atoms with E-state index in [1.807, 2.05) is 18.2 Å². The Morgan fingerprint density at radius 2 is 2.14 bits per heavy atom. The number of carbonyl (C=O) groups is 1. The second-order valence-electron chi connectivity index (χ2n) is 5.52. The fourth-order valence-electron chi connectivity index (χ4n) is 2.82. The lowest BCUT2D eigenvalue weighted by atomic mass is 9.99. The van der Waals surface area contributed by atoms with Crippen molar-refractivity contribution in [2.24, 2.45) is 5.92 Å². The average molecular weight is 322 g/mol. The number of nitrogens with one attached hydrogen (secondary N) is 3. The van der Waals surface area contributed by atoms with Crippen LogP contribution in [0.2, 0.25) is 0 Å². The van der Waals surface area contributed by atoms with Crippen LogP contribution in [-0.2, 0) is 0 Å². The molecule has 3 N–H and O–H groups in total. The molecule has 1 aliphatic rings. The van der Waals surface area contributed by atoms with Gasteiger partial charge in [-0.1, -0.05) is 18.2 Å². The van der Waals surface area contributed by atoms with Gasteiger partial charge in [-0.15, -0.1) is 12.4 Å². The first-order chi connectivity index (χ1) is 10.2. The molecule has 1 fully saturated rings. The molecule has 1 unspecified atom stereocenters. The van der Waals surface area contributed by atoms with E-state index in [2.05, 4.69) is 15.6 Å². The van der Waals surface area contributed by atoms with Gasteiger partial charge in [-0.3, -0.25) is 9.59 Å². The Labute approximate surface area is 134 Å². The van der Waals surface area contributed by atoms with Crippen molar-refractivity contribution in [3.05, 3.63) is 46.2 Å². The minimum absolute atomic E-state index is 0. The Morgan fingerprint density at radius 1 is 1.32 bits per heavy atom. The number of piperidine rings is 1. The Kier molecular flexibility index (Phi) is 5.57. The topological polar surface area (TPSA) is 74.0 Å². The molecule has 1 atom stereocenters. The molecule has 0 aliphatic carbocycles. The molecule has 1 saturated heterocycles. The minimum atomic E-state index is -0.252. The zero-order valence-corrected chi connectivity index (χ0v) is 13.0. The predicted octanol–water partition coefficient (Wildman–Crippen LogP) is 1.68. The van der Waals surface area contributed by atoms with E-state index in [0.29, 0.717) is 23.5 Å². The summed E-state index contributed by atoms with van der Waals surface area (Å²) in [5.74, 6) is 0.291. The maximum Gasteiger partial charge on any atom is 0.252 e. The number of benzene rings is 1. The van der Waals surface area contributed by atoms with Crippen LogP contribution < -0.4 is 16.2 Å². The second kappa shape index (κ2) is 7.42. The first-order valence-electron chi connectivity index (χ1n) is 7.35. The van der Waals surface area contributed by atoms with Crippen LogP contribution in [-0.4, -0.2) is 30.5 Å². The lowest BCUT2D eigenvalue weighted by Crippen LogP contribution is -2.38. The van der Waals surface area contributed by atoms with Crippen molar-refractivity contribution in [3.63, 3.8) is 0 Å². The molecule has 1 aromatic heterocycles. The Bertz CT molecular complexity index is 708. The SMILES string of the molecule is Cl.O=C(NCC1CCCNC1)c1cc(=O)[nH]c2ccccc12. The number of carbonyl (C=O) groups excluding carboxylic acids is 1. The van der Waals surface area contributed by atoms with Gasteiger partial charge in [-0.25, -0.2) is 0 Å². The van der Waals surface area contributed by atoms with Crippen molar-refractivity contribution in [1.82, 2.24) is 15.6 Å². The highest BCUT2D eigenvalue weighted by atomic mass is 35.5. The molecule has 118 valence electrons. The maximum absolute atomic E-state index is 12.4. The summed E-state index contributed by atoms with van der Waals surface area (Å²) in [6, 6.07) is 8.73. The number of amides is 1. The van der Waals surface area contributed by atoms with Crippen molar-refractivity contribution in [3.8, 4) is 0 Å². The first-order valence-corrected chi connectivity index (χ1v) is 7.35. The number of rotatable bonds is 3. The predicted molar refractivity (Wildman–Crippen MR) is 89.7 cm³/mol.